The molecule has 70 valence electrons. The van der Waals surface area contributed by atoms with E-state index in [4.69, 9.17) is 0 Å². The molecule has 0 spiro atoms. The van der Waals surface area contributed by atoms with E-state index in [-0.39, 0.29) is 0 Å². The van der Waals surface area contributed by atoms with E-state index >= 15 is 0 Å². The minimum atomic E-state index is 0.876. The molecule has 0 unspecified atom stereocenters. The first-order valence-corrected chi connectivity index (χ1v) is 6.11. The molecule has 3 rings (SSSR count). The molecule has 0 saturated carbocycles. The second kappa shape index (κ2) is 2.93. The van der Waals surface area contributed by atoms with Crippen molar-refractivity contribution in [1.29, 1.82) is 0 Å². The van der Waals surface area contributed by atoms with E-state index in [0.717, 1.165) is 21.0 Å². The van der Waals surface area contributed by atoms with Gasteiger partial charge in [-0.3, -0.25) is 4.40 Å². The van der Waals surface area contributed by atoms with E-state index in [1.165, 1.54) is 0 Å². The smallest absolute Gasteiger partial charge is 0.196 e. The van der Waals surface area contributed by atoms with Crippen molar-refractivity contribution in [2.24, 2.45) is 0 Å². The van der Waals surface area contributed by atoms with Crippen LogP contribution in [0.5, 0.6) is 0 Å². The minimum Gasteiger partial charge on any atom is -0.260 e. The molecular weight excluding hydrogens is 216 g/mol. The lowest BCUT2D eigenvalue weighted by atomic mass is 10.4. The molecule has 0 aliphatic rings. The fourth-order valence-corrected chi connectivity index (χ4v) is 2.57. The van der Waals surface area contributed by atoms with Crippen molar-refractivity contribution in [3.63, 3.8) is 0 Å². The molecule has 3 aromatic rings. The van der Waals surface area contributed by atoms with E-state index < -0.39 is 0 Å². The average Bonchev–Trinajstić information content (AvgIpc) is 2.82. The normalized spacial score (nSPS) is 11.5. The first-order valence-electron chi connectivity index (χ1n) is 4.01. The summed E-state index contributed by atoms with van der Waals surface area (Å²) in [4.78, 5) is 5.35. The summed E-state index contributed by atoms with van der Waals surface area (Å²) in [6.45, 7) is 0. The van der Waals surface area contributed by atoms with Crippen molar-refractivity contribution in [1.82, 2.24) is 19.6 Å². The fraction of sp³-hybridized carbons (Fsp3) is 0.125. The first kappa shape index (κ1) is 8.19. The van der Waals surface area contributed by atoms with Crippen LogP contribution in [0.3, 0.4) is 0 Å². The van der Waals surface area contributed by atoms with E-state index in [2.05, 4.69) is 15.2 Å². The molecule has 0 aromatic carbocycles. The number of hydrogen-bond acceptors (Lipinski definition) is 5. The lowest BCUT2D eigenvalue weighted by molar-refractivity contribution is 0.910. The number of rotatable bonds is 1. The van der Waals surface area contributed by atoms with Gasteiger partial charge in [0, 0.05) is 0 Å². The summed E-state index contributed by atoms with van der Waals surface area (Å²) in [6.07, 6.45) is 3.76. The molecule has 6 heteroatoms. The van der Waals surface area contributed by atoms with Crippen molar-refractivity contribution < 1.29 is 0 Å². The molecule has 0 radical (unpaired) electrons. The SMILES string of the molecule is CSc1nnc2c3ccsc3ncn12. The van der Waals surface area contributed by atoms with Crippen molar-refractivity contribution in [2.45, 2.75) is 5.16 Å². The quantitative estimate of drug-likeness (QED) is 0.591. The monoisotopic (exact) mass is 222 g/mol. The number of thiophene rings is 1. The highest BCUT2D eigenvalue weighted by molar-refractivity contribution is 7.98. The lowest BCUT2D eigenvalue weighted by Crippen LogP contribution is -1.88. The van der Waals surface area contributed by atoms with Crippen molar-refractivity contribution in [2.75, 3.05) is 6.26 Å². The predicted octanol–water partition coefficient (Wildman–Crippen LogP) is 2.06. The molecule has 0 amide bonds. The highest BCUT2D eigenvalue weighted by atomic mass is 32.2. The van der Waals surface area contributed by atoms with Crippen LogP contribution in [0.4, 0.5) is 0 Å². The average molecular weight is 222 g/mol. The number of hydrogen-bond donors (Lipinski definition) is 0. The van der Waals surface area contributed by atoms with Gasteiger partial charge in [0.05, 0.1) is 5.39 Å². The second-order valence-electron chi connectivity index (χ2n) is 2.76. The summed E-state index contributed by atoms with van der Waals surface area (Å²) in [7, 11) is 0. The van der Waals surface area contributed by atoms with Crippen LogP contribution in [0.15, 0.2) is 22.9 Å². The maximum Gasteiger partial charge on any atom is 0.196 e. The van der Waals surface area contributed by atoms with Gasteiger partial charge in [-0.1, -0.05) is 11.8 Å². The van der Waals surface area contributed by atoms with E-state index in [1.54, 1.807) is 29.4 Å². The number of fused-ring (bicyclic) bond motifs is 3. The summed E-state index contributed by atoms with van der Waals surface area (Å²) < 4.78 is 1.92. The van der Waals surface area contributed by atoms with Crippen LogP contribution in [0.1, 0.15) is 0 Å². The Bertz CT molecular complexity index is 597. The summed E-state index contributed by atoms with van der Waals surface area (Å²) in [6, 6.07) is 2.03. The zero-order chi connectivity index (χ0) is 9.54. The molecule has 14 heavy (non-hydrogen) atoms. The predicted molar refractivity (Wildman–Crippen MR) is 57.9 cm³/mol. The highest BCUT2D eigenvalue weighted by Crippen LogP contribution is 2.23. The molecule has 0 aliphatic carbocycles. The summed E-state index contributed by atoms with van der Waals surface area (Å²) in [5.41, 5.74) is 0.889. The van der Waals surface area contributed by atoms with Gasteiger partial charge in [-0.15, -0.1) is 21.5 Å². The minimum absolute atomic E-state index is 0.876. The van der Waals surface area contributed by atoms with Crippen LogP contribution in [0, 0.1) is 0 Å². The number of thioether (sulfide) groups is 1. The van der Waals surface area contributed by atoms with E-state index in [0.29, 0.717) is 0 Å². The van der Waals surface area contributed by atoms with Crippen LogP contribution < -0.4 is 0 Å². The van der Waals surface area contributed by atoms with Gasteiger partial charge in [0.25, 0.3) is 0 Å². The van der Waals surface area contributed by atoms with Crippen molar-refractivity contribution in [3.8, 4) is 0 Å². The number of aromatic nitrogens is 4. The van der Waals surface area contributed by atoms with Crippen LogP contribution in [0.25, 0.3) is 15.9 Å². The molecule has 0 atom stereocenters. The summed E-state index contributed by atoms with van der Waals surface area (Å²) in [5, 5.41) is 12.2. The Morgan fingerprint density at radius 1 is 1.43 bits per heavy atom. The van der Waals surface area contributed by atoms with Gasteiger partial charge in [-0.2, -0.15) is 0 Å². The van der Waals surface area contributed by atoms with E-state index in [9.17, 15) is 0 Å². The largest absolute Gasteiger partial charge is 0.260 e. The van der Waals surface area contributed by atoms with Crippen LogP contribution >= 0.6 is 23.1 Å². The summed E-state index contributed by atoms with van der Waals surface area (Å²) in [5.74, 6) is 0. The Morgan fingerprint density at radius 3 is 3.21 bits per heavy atom. The number of nitrogens with zero attached hydrogens (tertiary/aromatic N) is 4. The summed E-state index contributed by atoms with van der Waals surface area (Å²) >= 11 is 3.19. The van der Waals surface area contributed by atoms with Crippen LogP contribution in [0.2, 0.25) is 0 Å². The molecule has 0 fully saturated rings. The van der Waals surface area contributed by atoms with Crippen molar-refractivity contribution in [3.05, 3.63) is 17.8 Å². The third-order valence-electron chi connectivity index (χ3n) is 2.02. The zero-order valence-electron chi connectivity index (χ0n) is 7.34. The second-order valence-corrected chi connectivity index (χ2v) is 4.43. The van der Waals surface area contributed by atoms with Gasteiger partial charge < -0.3 is 0 Å². The first-order chi connectivity index (χ1) is 6.90. The van der Waals surface area contributed by atoms with Gasteiger partial charge in [-0.05, 0) is 17.7 Å². The van der Waals surface area contributed by atoms with Gasteiger partial charge in [0.15, 0.2) is 10.8 Å². The van der Waals surface area contributed by atoms with Gasteiger partial charge in [0.2, 0.25) is 0 Å². The standard InChI is InChI=1S/C8H6N4S2/c1-13-8-11-10-6-5-2-3-14-7(5)9-4-12(6)8/h2-4H,1H3. The molecule has 3 heterocycles. The maximum absolute atomic E-state index is 4.34. The Morgan fingerprint density at radius 2 is 2.36 bits per heavy atom. The fourth-order valence-electron chi connectivity index (χ4n) is 1.39. The molecule has 3 aromatic heterocycles. The maximum atomic E-state index is 4.34. The Kier molecular flexibility index (Phi) is 1.71. The van der Waals surface area contributed by atoms with Crippen LogP contribution in [-0.4, -0.2) is 25.8 Å². The third-order valence-corrected chi connectivity index (χ3v) is 3.49. The third kappa shape index (κ3) is 0.978. The van der Waals surface area contributed by atoms with Crippen molar-refractivity contribution >= 4 is 39.0 Å². The van der Waals surface area contributed by atoms with Gasteiger partial charge >= 0.3 is 0 Å². The zero-order valence-corrected chi connectivity index (χ0v) is 8.97. The molecule has 0 bridgehead atoms. The van der Waals surface area contributed by atoms with Gasteiger partial charge in [-0.25, -0.2) is 4.98 Å². The molecule has 0 saturated heterocycles. The topological polar surface area (TPSA) is 43.1 Å². The Balaban J connectivity index is 2.52. The molecular formula is C8H6N4S2. The lowest BCUT2D eigenvalue weighted by Gasteiger charge is -1.94. The molecule has 0 N–H and O–H groups in total. The highest BCUT2D eigenvalue weighted by Gasteiger charge is 2.08. The Labute approximate surface area is 88.0 Å². The van der Waals surface area contributed by atoms with E-state index in [1.807, 2.05) is 22.1 Å². The van der Waals surface area contributed by atoms with Crippen LogP contribution in [-0.2, 0) is 0 Å². The molecule has 4 nitrogen and oxygen atoms in total. The molecule has 0 aliphatic heterocycles. The Hall–Kier alpha value is -1.14. The van der Waals surface area contributed by atoms with Gasteiger partial charge in [0.1, 0.15) is 11.2 Å².